The highest BCUT2D eigenvalue weighted by molar-refractivity contribution is 5.32. The standard InChI is InChI=1S/C17H26FNO2/c1-4-9-19-16(15-12-14(18)6-5-13(15)2)17(20-3)7-10-21-11-8-17/h5-6,12,16,19H,4,7-11H2,1-3H3. The number of benzene rings is 1. The van der Waals surface area contributed by atoms with Crippen molar-refractivity contribution in [2.24, 2.45) is 0 Å². The number of nitrogens with one attached hydrogen (secondary N) is 1. The normalized spacial score (nSPS) is 19.4. The molecule has 1 heterocycles. The van der Waals surface area contributed by atoms with E-state index in [1.54, 1.807) is 13.2 Å². The highest BCUT2D eigenvalue weighted by atomic mass is 19.1. The van der Waals surface area contributed by atoms with E-state index in [-0.39, 0.29) is 17.5 Å². The van der Waals surface area contributed by atoms with Crippen LogP contribution in [0.2, 0.25) is 0 Å². The molecule has 0 bridgehead atoms. The first-order valence-corrected chi connectivity index (χ1v) is 7.75. The second kappa shape index (κ2) is 7.34. The van der Waals surface area contributed by atoms with Crippen LogP contribution >= 0.6 is 0 Å². The first-order chi connectivity index (χ1) is 10.1. The molecule has 0 saturated carbocycles. The molecule has 1 aliphatic rings. The van der Waals surface area contributed by atoms with Crippen LogP contribution < -0.4 is 5.32 Å². The molecule has 1 N–H and O–H groups in total. The van der Waals surface area contributed by atoms with E-state index >= 15 is 0 Å². The van der Waals surface area contributed by atoms with E-state index in [1.165, 1.54) is 6.07 Å². The van der Waals surface area contributed by atoms with Gasteiger partial charge in [0.15, 0.2) is 0 Å². The number of ether oxygens (including phenoxy) is 2. The topological polar surface area (TPSA) is 30.5 Å². The van der Waals surface area contributed by atoms with Crippen molar-refractivity contribution in [1.29, 1.82) is 0 Å². The molecule has 0 aliphatic carbocycles. The SMILES string of the molecule is CCCNC(c1cc(F)ccc1C)C1(OC)CCOCC1. The average Bonchev–Trinajstić information content (AvgIpc) is 2.51. The highest BCUT2D eigenvalue weighted by Gasteiger charge is 2.41. The van der Waals surface area contributed by atoms with Crippen molar-refractivity contribution in [3.8, 4) is 0 Å². The lowest BCUT2D eigenvalue weighted by Gasteiger charge is -2.43. The van der Waals surface area contributed by atoms with Crippen molar-refractivity contribution in [3.05, 3.63) is 35.1 Å². The first-order valence-electron chi connectivity index (χ1n) is 7.75. The van der Waals surface area contributed by atoms with E-state index in [2.05, 4.69) is 12.2 Å². The van der Waals surface area contributed by atoms with Crippen molar-refractivity contribution in [1.82, 2.24) is 5.32 Å². The Kier molecular flexibility index (Phi) is 5.73. The minimum Gasteiger partial charge on any atom is -0.381 e. The fourth-order valence-corrected chi connectivity index (χ4v) is 3.12. The Morgan fingerprint density at radius 1 is 1.38 bits per heavy atom. The number of methoxy groups -OCH3 is 1. The van der Waals surface area contributed by atoms with Crippen LogP contribution in [0.4, 0.5) is 4.39 Å². The van der Waals surface area contributed by atoms with Crippen LogP contribution in [0.3, 0.4) is 0 Å². The summed E-state index contributed by atoms with van der Waals surface area (Å²) in [7, 11) is 1.75. The van der Waals surface area contributed by atoms with Crippen LogP contribution in [0.1, 0.15) is 43.4 Å². The number of rotatable bonds is 6. The molecule has 21 heavy (non-hydrogen) atoms. The third-order valence-corrected chi connectivity index (χ3v) is 4.42. The van der Waals surface area contributed by atoms with Crippen LogP contribution in [0.25, 0.3) is 0 Å². The molecule has 4 heteroatoms. The summed E-state index contributed by atoms with van der Waals surface area (Å²) in [4.78, 5) is 0. The molecule has 0 spiro atoms. The molecule has 1 saturated heterocycles. The number of aryl methyl sites for hydroxylation is 1. The molecule has 3 nitrogen and oxygen atoms in total. The predicted molar refractivity (Wildman–Crippen MR) is 82.0 cm³/mol. The lowest BCUT2D eigenvalue weighted by molar-refractivity contribution is -0.111. The largest absolute Gasteiger partial charge is 0.381 e. The Bertz CT molecular complexity index is 458. The van der Waals surface area contributed by atoms with Gasteiger partial charge in [-0.3, -0.25) is 0 Å². The molecule has 0 aromatic heterocycles. The zero-order chi connectivity index (χ0) is 15.3. The molecule has 2 rings (SSSR count). The van der Waals surface area contributed by atoms with Gasteiger partial charge in [0.1, 0.15) is 5.82 Å². The Balaban J connectivity index is 2.38. The maximum atomic E-state index is 13.7. The van der Waals surface area contributed by atoms with Gasteiger partial charge < -0.3 is 14.8 Å². The molecular formula is C17H26FNO2. The third-order valence-electron chi connectivity index (χ3n) is 4.42. The molecule has 1 aliphatic heterocycles. The summed E-state index contributed by atoms with van der Waals surface area (Å²) in [6, 6.07) is 4.98. The van der Waals surface area contributed by atoms with E-state index in [0.717, 1.165) is 36.9 Å². The van der Waals surface area contributed by atoms with Crippen molar-refractivity contribution < 1.29 is 13.9 Å². The maximum absolute atomic E-state index is 13.7. The van der Waals surface area contributed by atoms with E-state index < -0.39 is 0 Å². The summed E-state index contributed by atoms with van der Waals surface area (Å²) in [5, 5.41) is 3.57. The van der Waals surface area contributed by atoms with Gasteiger partial charge in [-0.1, -0.05) is 13.0 Å². The molecule has 1 aromatic rings. The molecule has 1 fully saturated rings. The van der Waals surface area contributed by atoms with Crippen molar-refractivity contribution >= 4 is 0 Å². The smallest absolute Gasteiger partial charge is 0.123 e. The molecule has 0 radical (unpaired) electrons. The van der Waals surface area contributed by atoms with Gasteiger partial charge in [-0.05, 0) is 43.1 Å². The van der Waals surface area contributed by atoms with E-state index in [4.69, 9.17) is 9.47 Å². The molecule has 118 valence electrons. The highest BCUT2D eigenvalue weighted by Crippen LogP contribution is 2.38. The second-order valence-electron chi connectivity index (χ2n) is 5.77. The van der Waals surface area contributed by atoms with E-state index in [0.29, 0.717) is 13.2 Å². The Morgan fingerprint density at radius 3 is 2.71 bits per heavy atom. The number of hydrogen-bond acceptors (Lipinski definition) is 3. The fraction of sp³-hybridized carbons (Fsp3) is 0.647. The molecule has 1 unspecified atom stereocenters. The molecular weight excluding hydrogens is 269 g/mol. The fourth-order valence-electron chi connectivity index (χ4n) is 3.12. The lowest BCUT2D eigenvalue weighted by atomic mass is 9.80. The lowest BCUT2D eigenvalue weighted by Crippen LogP contribution is -2.49. The summed E-state index contributed by atoms with van der Waals surface area (Å²) < 4.78 is 25.1. The Morgan fingerprint density at radius 2 is 2.10 bits per heavy atom. The minimum absolute atomic E-state index is 0.0120. The van der Waals surface area contributed by atoms with Gasteiger partial charge in [-0.15, -0.1) is 0 Å². The number of hydrogen-bond donors (Lipinski definition) is 1. The zero-order valence-corrected chi connectivity index (χ0v) is 13.2. The zero-order valence-electron chi connectivity index (χ0n) is 13.2. The summed E-state index contributed by atoms with van der Waals surface area (Å²) >= 11 is 0. The van der Waals surface area contributed by atoms with Gasteiger partial charge in [-0.25, -0.2) is 4.39 Å². The van der Waals surface area contributed by atoms with Gasteiger partial charge in [0, 0.05) is 33.2 Å². The van der Waals surface area contributed by atoms with Gasteiger partial charge in [0.2, 0.25) is 0 Å². The Labute approximate surface area is 126 Å². The minimum atomic E-state index is -0.327. The monoisotopic (exact) mass is 295 g/mol. The first kappa shape index (κ1) is 16.4. The average molecular weight is 295 g/mol. The summed E-state index contributed by atoms with van der Waals surface area (Å²) in [6.45, 7) is 6.41. The maximum Gasteiger partial charge on any atom is 0.123 e. The number of halogens is 1. The van der Waals surface area contributed by atoms with Crippen molar-refractivity contribution in [2.45, 2.75) is 44.8 Å². The van der Waals surface area contributed by atoms with Gasteiger partial charge >= 0.3 is 0 Å². The second-order valence-corrected chi connectivity index (χ2v) is 5.77. The summed E-state index contributed by atoms with van der Waals surface area (Å²) in [6.07, 6.45) is 2.67. The quantitative estimate of drug-likeness (QED) is 0.873. The Hall–Kier alpha value is -0.970. The summed E-state index contributed by atoms with van der Waals surface area (Å²) in [5.41, 5.74) is 1.76. The van der Waals surface area contributed by atoms with Crippen LogP contribution in [0.5, 0.6) is 0 Å². The van der Waals surface area contributed by atoms with Gasteiger partial charge in [-0.2, -0.15) is 0 Å². The molecule has 0 amide bonds. The van der Waals surface area contributed by atoms with E-state index in [9.17, 15) is 4.39 Å². The van der Waals surface area contributed by atoms with Crippen molar-refractivity contribution in [3.63, 3.8) is 0 Å². The van der Waals surface area contributed by atoms with Crippen LogP contribution in [-0.2, 0) is 9.47 Å². The molecule has 1 aromatic carbocycles. The van der Waals surface area contributed by atoms with Crippen LogP contribution in [0.15, 0.2) is 18.2 Å². The third kappa shape index (κ3) is 3.62. The molecule has 1 atom stereocenters. The van der Waals surface area contributed by atoms with Crippen molar-refractivity contribution in [2.75, 3.05) is 26.9 Å². The predicted octanol–water partition coefficient (Wildman–Crippen LogP) is 3.37. The summed E-state index contributed by atoms with van der Waals surface area (Å²) in [5.74, 6) is -0.197. The van der Waals surface area contributed by atoms with Crippen LogP contribution in [0, 0.1) is 12.7 Å². The van der Waals surface area contributed by atoms with Gasteiger partial charge in [0.25, 0.3) is 0 Å². The van der Waals surface area contributed by atoms with Crippen LogP contribution in [-0.4, -0.2) is 32.5 Å². The van der Waals surface area contributed by atoms with E-state index in [1.807, 2.05) is 13.0 Å². The van der Waals surface area contributed by atoms with Gasteiger partial charge in [0.05, 0.1) is 11.6 Å².